The summed E-state index contributed by atoms with van der Waals surface area (Å²) >= 11 is 9.21. The molecule has 108 valence electrons. The Labute approximate surface area is 126 Å². The van der Waals surface area contributed by atoms with Crippen LogP contribution in [0.5, 0.6) is 0 Å². The summed E-state index contributed by atoms with van der Waals surface area (Å²) in [5.41, 5.74) is 0.353. The first kappa shape index (κ1) is 14.1. The van der Waals surface area contributed by atoms with Gasteiger partial charge in [0.2, 0.25) is 0 Å². The summed E-state index contributed by atoms with van der Waals surface area (Å²) in [6, 6.07) is 0. The van der Waals surface area contributed by atoms with Crippen LogP contribution in [0.4, 0.5) is 0 Å². The maximum Gasteiger partial charge on any atom is 0.181 e. The third-order valence-electron chi connectivity index (χ3n) is 3.16. The van der Waals surface area contributed by atoms with Gasteiger partial charge in [-0.1, -0.05) is 11.6 Å². The molecule has 0 saturated carbocycles. The Balaban J connectivity index is 2.10. The third-order valence-corrected chi connectivity index (χ3v) is 4.00. The summed E-state index contributed by atoms with van der Waals surface area (Å²) in [5, 5.41) is 33.7. The molecule has 0 amide bonds. The molecule has 2 aromatic heterocycles. The van der Waals surface area contributed by atoms with E-state index in [1.807, 2.05) is 0 Å². The van der Waals surface area contributed by atoms with Crippen LogP contribution < -0.4 is 0 Å². The van der Waals surface area contributed by atoms with E-state index in [-0.39, 0.29) is 5.15 Å². The van der Waals surface area contributed by atoms with Crippen molar-refractivity contribution in [1.82, 2.24) is 19.7 Å². The number of ether oxygens (including phenoxy) is 1. The predicted octanol–water partition coefficient (Wildman–Crippen LogP) is -0.146. The van der Waals surface area contributed by atoms with Crippen molar-refractivity contribution < 1.29 is 20.1 Å². The highest BCUT2D eigenvalue weighted by atomic mass is 79.9. The van der Waals surface area contributed by atoms with Crippen LogP contribution in [0.15, 0.2) is 10.9 Å². The molecule has 0 spiro atoms. The SMILES string of the molecule is OC[C@H]1O[C@@H](n2nc(Br)c3c(Cl)ncnc32)[C@@H](O)[C@H]1O. The van der Waals surface area contributed by atoms with E-state index < -0.39 is 31.1 Å². The molecule has 10 heteroatoms. The summed E-state index contributed by atoms with van der Waals surface area (Å²) in [5.74, 6) is 0. The first-order valence-electron chi connectivity index (χ1n) is 5.71. The second-order valence-corrected chi connectivity index (χ2v) is 5.44. The fraction of sp³-hybridized carbons (Fsp3) is 0.500. The second kappa shape index (κ2) is 5.17. The molecule has 1 saturated heterocycles. The molecule has 0 aromatic carbocycles. The monoisotopic (exact) mass is 364 g/mol. The zero-order valence-electron chi connectivity index (χ0n) is 9.89. The highest BCUT2D eigenvalue weighted by molar-refractivity contribution is 9.10. The number of hydrogen-bond acceptors (Lipinski definition) is 7. The summed E-state index contributed by atoms with van der Waals surface area (Å²) in [6.45, 7) is -0.412. The van der Waals surface area contributed by atoms with Gasteiger partial charge in [0.25, 0.3) is 0 Å². The zero-order chi connectivity index (χ0) is 14.4. The lowest BCUT2D eigenvalue weighted by Crippen LogP contribution is -2.33. The Kier molecular flexibility index (Phi) is 3.65. The predicted molar refractivity (Wildman–Crippen MR) is 71.0 cm³/mol. The maximum atomic E-state index is 10.0. The van der Waals surface area contributed by atoms with Crippen LogP contribution in [-0.2, 0) is 4.74 Å². The van der Waals surface area contributed by atoms with Gasteiger partial charge in [0.15, 0.2) is 11.9 Å². The van der Waals surface area contributed by atoms with Gasteiger partial charge in [-0.15, -0.1) is 0 Å². The third kappa shape index (κ3) is 2.01. The zero-order valence-corrected chi connectivity index (χ0v) is 12.2. The number of fused-ring (bicyclic) bond motifs is 1. The molecule has 2 aromatic rings. The normalized spacial score (nSPS) is 30.2. The van der Waals surface area contributed by atoms with E-state index in [1.54, 1.807) is 0 Å². The van der Waals surface area contributed by atoms with Crippen molar-refractivity contribution in [3.8, 4) is 0 Å². The molecule has 4 atom stereocenters. The largest absolute Gasteiger partial charge is 0.394 e. The molecular formula is C10H10BrClN4O4. The first-order valence-corrected chi connectivity index (χ1v) is 6.88. The van der Waals surface area contributed by atoms with Crippen molar-refractivity contribution in [3.63, 3.8) is 0 Å². The van der Waals surface area contributed by atoms with Gasteiger partial charge in [0, 0.05) is 0 Å². The van der Waals surface area contributed by atoms with Crippen molar-refractivity contribution in [2.75, 3.05) is 6.61 Å². The van der Waals surface area contributed by atoms with Crippen LogP contribution in [0.1, 0.15) is 6.23 Å². The van der Waals surface area contributed by atoms with E-state index >= 15 is 0 Å². The maximum absolute atomic E-state index is 10.0. The fourth-order valence-electron chi connectivity index (χ4n) is 2.16. The van der Waals surface area contributed by atoms with Gasteiger partial charge in [0.1, 0.15) is 34.4 Å². The number of nitrogens with zero attached hydrogens (tertiary/aromatic N) is 4. The fourth-order valence-corrected chi connectivity index (χ4v) is 3.03. The van der Waals surface area contributed by atoms with Crippen LogP contribution in [0.25, 0.3) is 11.0 Å². The van der Waals surface area contributed by atoms with Gasteiger partial charge in [-0.25, -0.2) is 14.6 Å². The Morgan fingerprint density at radius 2 is 2.10 bits per heavy atom. The van der Waals surface area contributed by atoms with Crippen molar-refractivity contribution in [2.24, 2.45) is 0 Å². The number of rotatable bonds is 2. The second-order valence-electron chi connectivity index (χ2n) is 4.33. The van der Waals surface area contributed by atoms with E-state index in [0.29, 0.717) is 15.6 Å². The molecule has 20 heavy (non-hydrogen) atoms. The smallest absolute Gasteiger partial charge is 0.181 e. The van der Waals surface area contributed by atoms with E-state index in [4.69, 9.17) is 21.4 Å². The highest BCUT2D eigenvalue weighted by Gasteiger charge is 2.44. The summed E-state index contributed by atoms with van der Waals surface area (Å²) in [6.07, 6.45) is -3.04. The first-order chi connectivity index (χ1) is 9.54. The molecule has 3 N–H and O–H groups in total. The van der Waals surface area contributed by atoms with Gasteiger partial charge in [0.05, 0.1) is 12.0 Å². The molecule has 0 unspecified atom stereocenters. The van der Waals surface area contributed by atoms with E-state index in [1.165, 1.54) is 11.0 Å². The van der Waals surface area contributed by atoms with Gasteiger partial charge in [-0.3, -0.25) is 0 Å². The minimum Gasteiger partial charge on any atom is -0.394 e. The topological polar surface area (TPSA) is 114 Å². The van der Waals surface area contributed by atoms with Crippen LogP contribution in [0.3, 0.4) is 0 Å². The molecule has 0 bridgehead atoms. The molecular weight excluding hydrogens is 355 g/mol. The van der Waals surface area contributed by atoms with Crippen molar-refractivity contribution in [3.05, 3.63) is 16.1 Å². The van der Waals surface area contributed by atoms with Crippen LogP contribution in [0, 0.1) is 0 Å². The lowest BCUT2D eigenvalue weighted by molar-refractivity contribution is -0.0567. The van der Waals surface area contributed by atoms with Gasteiger partial charge >= 0.3 is 0 Å². The van der Waals surface area contributed by atoms with Gasteiger partial charge in [-0.2, -0.15) is 5.10 Å². The molecule has 1 fully saturated rings. The molecule has 8 nitrogen and oxygen atoms in total. The number of aromatic nitrogens is 4. The molecule has 3 rings (SSSR count). The van der Waals surface area contributed by atoms with Crippen LogP contribution >= 0.6 is 27.5 Å². The molecule has 0 aliphatic carbocycles. The summed E-state index contributed by atoms with van der Waals surface area (Å²) in [7, 11) is 0. The number of aliphatic hydroxyl groups excluding tert-OH is 3. The Bertz CT molecular complexity index is 653. The number of halogens is 2. The average Bonchev–Trinajstić information content (AvgIpc) is 2.90. The summed E-state index contributed by atoms with van der Waals surface area (Å²) in [4.78, 5) is 7.91. The van der Waals surface area contributed by atoms with Crippen LogP contribution in [-0.4, -0.2) is 60.0 Å². The van der Waals surface area contributed by atoms with E-state index in [2.05, 4.69) is 31.0 Å². The molecule has 3 heterocycles. The highest BCUT2D eigenvalue weighted by Crippen LogP contribution is 2.34. The lowest BCUT2D eigenvalue weighted by Gasteiger charge is -2.15. The van der Waals surface area contributed by atoms with E-state index in [0.717, 1.165) is 0 Å². The van der Waals surface area contributed by atoms with E-state index in [9.17, 15) is 10.2 Å². The lowest BCUT2D eigenvalue weighted by atomic mass is 10.1. The van der Waals surface area contributed by atoms with Gasteiger partial charge < -0.3 is 20.1 Å². The van der Waals surface area contributed by atoms with Crippen LogP contribution in [0.2, 0.25) is 5.15 Å². The quantitative estimate of drug-likeness (QED) is 0.634. The standard InChI is InChI=1S/C10H10BrClN4O4/c11-7-4-8(12)13-2-14-9(4)16(15-7)10-6(19)5(18)3(1-17)20-10/h2-3,5-6,10,17-19H,1H2/t3-,5+,6+,10-/m1/s1. The van der Waals surface area contributed by atoms with Crippen molar-refractivity contribution in [2.45, 2.75) is 24.5 Å². The Hall–Kier alpha value is -0.840. The average molecular weight is 366 g/mol. The molecule has 1 aliphatic heterocycles. The Morgan fingerprint density at radius 1 is 1.35 bits per heavy atom. The van der Waals surface area contributed by atoms with Crippen molar-refractivity contribution in [1.29, 1.82) is 0 Å². The number of aliphatic hydroxyl groups is 3. The molecule has 0 radical (unpaired) electrons. The van der Waals surface area contributed by atoms with Crippen molar-refractivity contribution >= 4 is 38.6 Å². The molecule has 1 aliphatic rings. The Morgan fingerprint density at radius 3 is 2.75 bits per heavy atom. The minimum atomic E-state index is -1.24. The van der Waals surface area contributed by atoms with Gasteiger partial charge in [-0.05, 0) is 15.9 Å². The summed E-state index contributed by atoms with van der Waals surface area (Å²) < 4.78 is 7.11. The minimum absolute atomic E-state index is 0.208. The number of hydrogen-bond donors (Lipinski definition) is 3.